The van der Waals surface area contributed by atoms with Crippen molar-refractivity contribution in [1.29, 1.82) is 0 Å². The number of ether oxygens (including phenoxy) is 1. The summed E-state index contributed by atoms with van der Waals surface area (Å²) in [6.45, 7) is 0.299. The molecule has 0 aliphatic rings. The second-order valence-electron chi connectivity index (χ2n) is 4.06. The molecule has 0 unspecified atom stereocenters. The van der Waals surface area contributed by atoms with Gasteiger partial charge in [-0.1, -0.05) is 48.0 Å². The number of rotatable bonds is 5. The number of hydrogen-bond acceptors (Lipinski definition) is 2. The smallest absolute Gasteiger partial charge is 0.307 e. The number of carboxylic acids is 1. The third kappa shape index (κ3) is 3.73. The van der Waals surface area contributed by atoms with Crippen molar-refractivity contribution in [2.24, 2.45) is 0 Å². The Morgan fingerprint density at radius 3 is 2.37 bits per heavy atom. The molecule has 0 spiro atoms. The van der Waals surface area contributed by atoms with E-state index in [4.69, 9.17) is 21.4 Å². The van der Waals surface area contributed by atoms with Gasteiger partial charge in [-0.25, -0.2) is 0 Å². The normalized spacial score (nSPS) is 10.2. The average Bonchev–Trinajstić information content (AvgIpc) is 2.39. The summed E-state index contributed by atoms with van der Waals surface area (Å²) in [7, 11) is 0. The van der Waals surface area contributed by atoms with E-state index in [9.17, 15) is 4.79 Å². The lowest BCUT2D eigenvalue weighted by Crippen LogP contribution is -2.05. The molecule has 98 valence electrons. The molecule has 0 atom stereocenters. The fourth-order valence-corrected chi connectivity index (χ4v) is 1.94. The van der Waals surface area contributed by atoms with Crippen LogP contribution in [0.15, 0.2) is 48.5 Å². The summed E-state index contributed by atoms with van der Waals surface area (Å²) < 4.78 is 5.62. The lowest BCUT2D eigenvalue weighted by molar-refractivity contribution is -0.136. The minimum absolute atomic E-state index is 0.0119. The Balaban J connectivity index is 2.11. The molecule has 0 saturated carbocycles. The molecule has 0 fully saturated rings. The van der Waals surface area contributed by atoms with Crippen molar-refractivity contribution in [3.05, 3.63) is 64.7 Å². The Hall–Kier alpha value is -2.00. The first-order valence-corrected chi connectivity index (χ1v) is 6.20. The van der Waals surface area contributed by atoms with E-state index in [-0.39, 0.29) is 6.42 Å². The summed E-state index contributed by atoms with van der Waals surface area (Å²) in [6, 6.07) is 14.5. The molecule has 0 aliphatic heterocycles. The predicted octanol–water partition coefficient (Wildman–Crippen LogP) is 3.55. The van der Waals surface area contributed by atoms with Crippen LogP contribution in [0.3, 0.4) is 0 Å². The van der Waals surface area contributed by atoms with Gasteiger partial charge >= 0.3 is 5.97 Å². The minimum atomic E-state index is -0.856. The molecule has 0 aromatic heterocycles. The highest BCUT2D eigenvalue weighted by atomic mass is 35.5. The van der Waals surface area contributed by atoms with Crippen LogP contribution in [0.25, 0.3) is 0 Å². The molecule has 0 aliphatic carbocycles. The van der Waals surface area contributed by atoms with Gasteiger partial charge in [-0.05, 0) is 23.3 Å². The van der Waals surface area contributed by atoms with Crippen LogP contribution in [0.2, 0.25) is 5.02 Å². The van der Waals surface area contributed by atoms with Crippen LogP contribution in [0.5, 0.6) is 5.75 Å². The minimum Gasteiger partial charge on any atom is -0.487 e. The maximum atomic E-state index is 10.8. The van der Waals surface area contributed by atoms with Gasteiger partial charge in [0, 0.05) is 0 Å². The van der Waals surface area contributed by atoms with Crippen LogP contribution >= 0.6 is 11.6 Å². The van der Waals surface area contributed by atoms with Crippen molar-refractivity contribution in [3.63, 3.8) is 0 Å². The van der Waals surface area contributed by atoms with Crippen LogP contribution in [0.1, 0.15) is 11.1 Å². The van der Waals surface area contributed by atoms with Crippen molar-refractivity contribution in [2.45, 2.75) is 13.0 Å². The van der Waals surface area contributed by atoms with Gasteiger partial charge in [0.05, 0.1) is 11.4 Å². The lowest BCUT2D eigenvalue weighted by Gasteiger charge is -2.10. The number of carboxylic acid groups (broad SMARTS) is 1. The Kier molecular flexibility index (Phi) is 4.42. The first-order chi connectivity index (χ1) is 9.16. The van der Waals surface area contributed by atoms with Gasteiger partial charge in [0.2, 0.25) is 0 Å². The molecule has 3 nitrogen and oxygen atoms in total. The SMILES string of the molecule is O=C(O)Cc1ccccc1COc1ccccc1Cl. The van der Waals surface area contributed by atoms with Crippen molar-refractivity contribution in [2.75, 3.05) is 0 Å². The van der Waals surface area contributed by atoms with E-state index in [0.29, 0.717) is 17.4 Å². The van der Waals surface area contributed by atoms with Crippen LogP contribution in [0, 0.1) is 0 Å². The van der Waals surface area contributed by atoms with E-state index in [0.717, 1.165) is 11.1 Å². The largest absolute Gasteiger partial charge is 0.487 e. The Morgan fingerprint density at radius 2 is 1.68 bits per heavy atom. The fourth-order valence-electron chi connectivity index (χ4n) is 1.75. The number of benzene rings is 2. The van der Waals surface area contributed by atoms with Gasteiger partial charge in [-0.15, -0.1) is 0 Å². The van der Waals surface area contributed by atoms with Crippen LogP contribution in [0.4, 0.5) is 0 Å². The Bertz CT molecular complexity index is 581. The predicted molar refractivity (Wildman–Crippen MR) is 73.6 cm³/mol. The summed E-state index contributed by atoms with van der Waals surface area (Å²) in [5, 5.41) is 9.40. The number of carbonyl (C=O) groups is 1. The molecule has 4 heteroatoms. The fraction of sp³-hybridized carbons (Fsp3) is 0.133. The first kappa shape index (κ1) is 13.4. The molecule has 0 bridgehead atoms. The summed E-state index contributed by atoms with van der Waals surface area (Å²) >= 11 is 6.00. The molecule has 1 N–H and O–H groups in total. The standard InChI is InChI=1S/C15H13ClO3/c16-13-7-3-4-8-14(13)19-10-12-6-2-1-5-11(12)9-15(17)18/h1-8H,9-10H2,(H,17,18). The second-order valence-corrected chi connectivity index (χ2v) is 4.47. The van der Waals surface area contributed by atoms with E-state index in [1.54, 1.807) is 18.2 Å². The zero-order chi connectivity index (χ0) is 13.7. The third-order valence-corrected chi connectivity index (χ3v) is 2.99. The third-order valence-electron chi connectivity index (χ3n) is 2.68. The van der Waals surface area contributed by atoms with E-state index < -0.39 is 5.97 Å². The molecule has 0 saturated heterocycles. The van der Waals surface area contributed by atoms with Gasteiger partial charge in [-0.2, -0.15) is 0 Å². The molecule has 2 rings (SSSR count). The number of hydrogen-bond donors (Lipinski definition) is 1. The molecule has 2 aromatic rings. The summed E-state index contributed by atoms with van der Waals surface area (Å²) in [4.78, 5) is 10.8. The Morgan fingerprint density at radius 1 is 1.05 bits per heavy atom. The van der Waals surface area contributed by atoms with E-state index in [1.807, 2.05) is 30.3 Å². The van der Waals surface area contributed by atoms with Crippen molar-refractivity contribution < 1.29 is 14.6 Å². The van der Waals surface area contributed by atoms with E-state index >= 15 is 0 Å². The van der Waals surface area contributed by atoms with Crippen molar-refractivity contribution in [1.82, 2.24) is 0 Å². The maximum Gasteiger partial charge on any atom is 0.307 e. The molecular formula is C15H13ClO3. The highest BCUT2D eigenvalue weighted by Crippen LogP contribution is 2.24. The maximum absolute atomic E-state index is 10.8. The lowest BCUT2D eigenvalue weighted by atomic mass is 10.1. The molecule has 0 radical (unpaired) electrons. The summed E-state index contributed by atoms with van der Waals surface area (Å²) in [6.07, 6.45) is -0.0119. The quantitative estimate of drug-likeness (QED) is 0.908. The number of aliphatic carboxylic acids is 1. The van der Waals surface area contributed by atoms with Gasteiger partial charge in [-0.3, -0.25) is 4.79 Å². The van der Waals surface area contributed by atoms with Crippen LogP contribution < -0.4 is 4.74 Å². The van der Waals surface area contributed by atoms with Gasteiger partial charge < -0.3 is 9.84 Å². The van der Waals surface area contributed by atoms with Crippen LogP contribution in [-0.4, -0.2) is 11.1 Å². The van der Waals surface area contributed by atoms with E-state index in [2.05, 4.69) is 0 Å². The topological polar surface area (TPSA) is 46.5 Å². The summed E-state index contributed by atoms with van der Waals surface area (Å²) in [5.41, 5.74) is 1.60. The number of halogens is 1. The highest BCUT2D eigenvalue weighted by molar-refractivity contribution is 6.32. The first-order valence-electron chi connectivity index (χ1n) is 5.82. The van der Waals surface area contributed by atoms with Crippen LogP contribution in [-0.2, 0) is 17.8 Å². The highest BCUT2D eigenvalue weighted by Gasteiger charge is 2.07. The molecule has 2 aromatic carbocycles. The monoisotopic (exact) mass is 276 g/mol. The summed E-state index contributed by atoms with van der Waals surface area (Å²) in [5.74, 6) is -0.264. The second kappa shape index (κ2) is 6.25. The molecule has 0 heterocycles. The average molecular weight is 277 g/mol. The van der Waals surface area contributed by atoms with Gasteiger partial charge in [0.1, 0.15) is 12.4 Å². The Labute approximate surface area is 116 Å². The number of para-hydroxylation sites is 1. The van der Waals surface area contributed by atoms with Crippen molar-refractivity contribution in [3.8, 4) is 5.75 Å². The zero-order valence-corrected chi connectivity index (χ0v) is 10.9. The van der Waals surface area contributed by atoms with Gasteiger partial charge in [0.25, 0.3) is 0 Å². The zero-order valence-electron chi connectivity index (χ0n) is 10.2. The molecule has 19 heavy (non-hydrogen) atoms. The van der Waals surface area contributed by atoms with E-state index in [1.165, 1.54) is 0 Å². The molecule has 0 amide bonds. The molecular weight excluding hydrogens is 264 g/mol. The van der Waals surface area contributed by atoms with Gasteiger partial charge in [0.15, 0.2) is 0 Å². The van der Waals surface area contributed by atoms with Crippen molar-refractivity contribution >= 4 is 17.6 Å².